The summed E-state index contributed by atoms with van der Waals surface area (Å²) >= 11 is 0. The Labute approximate surface area is 68.4 Å². The minimum Gasteiger partial charge on any atom is -0.268 e. The summed E-state index contributed by atoms with van der Waals surface area (Å²) < 4.78 is 22.1. The highest BCUT2D eigenvalue weighted by Crippen LogP contribution is 2.20. The van der Waals surface area contributed by atoms with Crippen LogP contribution in [0.5, 0.6) is 0 Å². The lowest BCUT2D eigenvalue weighted by atomic mass is 10.3. The molecule has 0 saturated carbocycles. The standard InChI is InChI=1S/C6H6N2O3S/c9-6-1-4-2-12(10,11)3-5(4)7-8-6/h1H,2-3H2,(H,8,9). The molecule has 2 rings (SSSR count). The van der Waals surface area contributed by atoms with E-state index in [2.05, 4.69) is 10.2 Å². The van der Waals surface area contributed by atoms with Crippen molar-refractivity contribution in [2.75, 3.05) is 0 Å². The molecule has 1 aromatic rings. The van der Waals surface area contributed by atoms with Gasteiger partial charge < -0.3 is 0 Å². The summed E-state index contributed by atoms with van der Waals surface area (Å²) in [5, 5.41) is 5.84. The fourth-order valence-electron chi connectivity index (χ4n) is 1.21. The van der Waals surface area contributed by atoms with Crippen LogP contribution in [0.3, 0.4) is 0 Å². The molecule has 0 unspecified atom stereocenters. The molecule has 0 fully saturated rings. The summed E-state index contributed by atoms with van der Waals surface area (Å²) in [5.74, 6) is -0.113. The molecule has 0 aromatic carbocycles. The van der Waals surface area contributed by atoms with Crippen molar-refractivity contribution in [1.29, 1.82) is 0 Å². The maximum absolute atomic E-state index is 11.0. The summed E-state index contributed by atoms with van der Waals surface area (Å²) in [4.78, 5) is 10.7. The van der Waals surface area contributed by atoms with E-state index in [1.54, 1.807) is 0 Å². The van der Waals surface area contributed by atoms with E-state index < -0.39 is 9.84 Å². The Kier molecular flexibility index (Phi) is 1.35. The van der Waals surface area contributed by atoms with Crippen molar-refractivity contribution in [1.82, 2.24) is 10.2 Å². The molecule has 0 saturated heterocycles. The highest BCUT2D eigenvalue weighted by atomic mass is 32.2. The Morgan fingerprint density at radius 1 is 1.42 bits per heavy atom. The van der Waals surface area contributed by atoms with Gasteiger partial charge in [-0.1, -0.05) is 0 Å². The van der Waals surface area contributed by atoms with Gasteiger partial charge in [-0.05, 0) is 5.56 Å². The van der Waals surface area contributed by atoms with E-state index in [0.717, 1.165) is 0 Å². The van der Waals surface area contributed by atoms with Gasteiger partial charge in [0.25, 0.3) is 5.56 Å². The smallest absolute Gasteiger partial charge is 0.264 e. The normalized spacial score (nSPS) is 19.0. The third-order valence-corrected chi connectivity index (χ3v) is 3.17. The van der Waals surface area contributed by atoms with Crippen LogP contribution in [0.2, 0.25) is 0 Å². The number of nitrogens with zero attached hydrogens (tertiary/aromatic N) is 1. The zero-order valence-corrected chi connectivity index (χ0v) is 6.89. The van der Waals surface area contributed by atoms with Gasteiger partial charge in [-0.15, -0.1) is 0 Å². The topological polar surface area (TPSA) is 79.9 Å². The minimum absolute atomic E-state index is 0.0563. The average molecular weight is 186 g/mol. The second-order valence-electron chi connectivity index (χ2n) is 2.74. The van der Waals surface area contributed by atoms with Gasteiger partial charge in [0.05, 0.1) is 17.2 Å². The molecule has 0 radical (unpaired) electrons. The van der Waals surface area contributed by atoms with E-state index >= 15 is 0 Å². The van der Waals surface area contributed by atoms with Crippen LogP contribution >= 0.6 is 0 Å². The maximum atomic E-state index is 11.0. The zero-order chi connectivity index (χ0) is 8.77. The number of hydrogen-bond acceptors (Lipinski definition) is 4. The number of H-pyrrole nitrogens is 1. The van der Waals surface area contributed by atoms with E-state index in [0.29, 0.717) is 11.3 Å². The molecule has 1 aliphatic rings. The molecule has 2 heterocycles. The first kappa shape index (κ1) is 7.48. The third kappa shape index (κ3) is 1.14. The Bertz CT molecular complexity index is 474. The second-order valence-corrected chi connectivity index (χ2v) is 4.80. The average Bonchev–Trinajstić information content (AvgIpc) is 2.21. The van der Waals surface area contributed by atoms with E-state index in [9.17, 15) is 13.2 Å². The monoisotopic (exact) mass is 186 g/mol. The first-order valence-corrected chi connectivity index (χ1v) is 5.17. The fraction of sp³-hybridized carbons (Fsp3) is 0.333. The number of aromatic nitrogens is 2. The van der Waals surface area contributed by atoms with Crippen LogP contribution in [0.15, 0.2) is 10.9 Å². The molecule has 0 spiro atoms. The molecule has 0 bridgehead atoms. The second kappa shape index (κ2) is 2.16. The fourth-order valence-corrected chi connectivity index (χ4v) is 2.71. The van der Waals surface area contributed by atoms with Gasteiger partial charge in [0.15, 0.2) is 9.84 Å². The highest BCUT2D eigenvalue weighted by Gasteiger charge is 2.25. The van der Waals surface area contributed by atoms with Gasteiger partial charge in [-0.3, -0.25) is 4.79 Å². The molecular formula is C6H6N2O3S. The molecule has 1 aromatic heterocycles. The largest absolute Gasteiger partial charge is 0.268 e. The van der Waals surface area contributed by atoms with Crippen LogP contribution in [0.25, 0.3) is 0 Å². The van der Waals surface area contributed by atoms with Crippen molar-refractivity contribution in [2.45, 2.75) is 11.5 Å². The first-order valence-electron chi connectivity index (χ1n) is 3.35. The van der Waals surface area contributed by atoms with Crippen LogP contribution in [0.1, 0.15) is 11.3 Å². The molecule has 0 amide bonds. The van der Waals surface area contributed by atoms with E-state index in [4.69, 9.17) is 0 Å². The SMILES string of the molecule is O=c1cc2c(n[nH]1)CS(=O)(=O)C2. The van der Waals surface area contributed by atoms with Gasteiger partial charge in [0.2, 0.25) is 0 Å². The Morgan fingerprint density at radius 3 is 2.92 bits per heavy atom. The molecular weight excluding hydrogens is 180 g/mol. The number of rotatable bonds is 0. The summed E-state index contributed by atoms with van der Waals surface area (Å²) in [6.45, 7) is 0. The predicted octanol–water partition coefficient (Wildman–Crippen LogP) is -0.802. The zero-order valence-electron chi connectivity index (χ0n) is 6.07. The molecule has 1 N–H and O–H groups in total. The number of nitrogens with one attached hydrogen (secondary N) is 1. The van der Waals surface area contributed by atoms with E-state index in [-0.39, 0.29) is 17.1 Å². The lowest BCUT2D eigenvalue weighted by Gasteiger charge is -1.89. The lowest BCUT2D eigenvalue weighted by Crippen LogP contribution is -2.08. The Balaban J connectivity index is 2.64. The first-order chi connectivity index (χ1) is 5.57. The van der Waals surface area contributed by atoms with Crippen molar-refractivity contribution >= 4 is 9.84 Å². The van der Waals surface area contributed by atoms with Gasteiger partial charge in [-0.2, -0.15) is 5.10 Å². The quantitative estimate of drug-likeness (QED) is 0.575. The number of fused-ring (bicyclic) bond motifs is 1. The summed E-state index contributed by atoms with van der Waals surface area (Å²) in [6, 6.07) is 1.28. The number of hydrogen-bond donors (Lipinski definition) is 1. The Hall–Kier alpha value is -1.17. The molecule has 1 aliphatic heterocycles. The van der Waals surface area contributed by atoms with Gasteiger partial charge >= 0.3 is 0 Å². The van der Waals surface area contributed by atoms with E-state index in [1.165, 1.54) is 6.07 Å². The summed E-state index contributed by atoms with van der Waals surface area (Å²) in [5.41, 5.74) is 0.638. The summed E-state index contributed by atoms with van der Waals surface area (Å²) in [6.07, 6.45) is 0. The summed E-state index contributed by atoms with van der Waals surface area (Å²) in [7, 11) is -3.04. The molecule has 6 heteroatoms. The number of aromatic amines is 1. The van der Waals surface area contributed by atoms with Crippen LogP contribution in [0.4, 0.5) is 0 Å². The van der Waals surface area contributed by atoms with Gasteiger partial charge in [-0.25, -0.2) is 13.5 Å². The van der Waals surface area contributed by atoms with Crippen LogP contribution in [-0.4, -0.2) is 18.6 Å². The van der Waals surface area contributed by atoms with Crippen LogP contribution in [-0.2, 0) is 21.3 Å². The molecule has 64 valence electrons. The highest BCUT2D eigenvalue weighted by molar-refractivity contribution is 7.90. The molecule has 5 nitrogen and oxygen atoms in total. The molecule has 0 atom stereocenters. The lowest BCUT2D eigenvalue weighted by molar-refractivity contribution is 0.597. The predicted molar refractivity (Wildman–Crippen MR) is 41.2 cm³/mol. The van der Waals surface area contributed by atoms with Crippen molar-refractivity contribution in [3.63, 3.8) is 0 Å². The number of sulfone groups is 1. The van der Waals surface area contributed by atoms with Crippen molar-refractivity contribution < 1.29 is 8.42 Å². The Morgan fingerprint density at radius 2 is 2.17 bits per heavy atom. The maximum Gasteiger partial charge on any atom is 0.264 e. The van der Waals surface area contributed by atoms with Crippen LogP contribution in [0, 0.1) is 0 Å². The minimum atomic E-state index is -3.04. The molecule has 0 aliphatic carbocycles. The molecule has 12 heavy (non-hydrogen) atoms. The van der Waals surface area contributed by atoms with Crippen molar-refractivity contribution in [3.8, 4) is 0 Å². The van der Waals surface area contributed by atoms with E-state index in [1.807, 2.05) is 0 Å². The van der Waals surface area contributed by atoms with Gasteiger partial charge in [0, 0.05) is 6.07 Å². The third-order valence-electron chi connectivity index (χ3n) is 1.71. The van der Waals surface area contributed by atoms with Crippen molar-refractivity contribution in [3.05, 3.63) is 27.7 Å². The van der Waals surface area contributed by atoms with Gasteiger partial charge in [0.1, 0.15) is 0 Å². The van der Waals surface area contributed by atoms with Crippen molar-refractivity contribution in [2.24, 2.45) is 0 Å². The van der Waals surface area contributed by atoms with Crippen LogP contribution < -0.4 is 5.56 Å².